The fourth-order valence-corrected chi connectivity index (χ4v) is 3.18. The van der Waals surface area contributed by atoms with E-state index in [1.807, 2.05) is 0 Å². The van der Waals surface area contributed by atoms with E-state index < -0.39 is 0 Å². The van der Waals surface area contributed by atoms with E-state index in [9.17, 15) is 0 Å². The van der Waals surface area contributed by atoms with E-state index in [-0.39, 0.29) is 5.48 Å². The first-order valence-corrected chi connectivity index (χ1v) is 10.8. The van der Waals surface area contributed by atoms with Crippen LogP contribution in [-0.2, 0) is 0 Å². The van der Waals surface area contributed by atoms with Crippen LogP contribution in [0.15, 0.2) is 0 Å². The van der Waals surface area contributed by atoms with Crippen LogP contribution in [0.1, 0.15) is 124 Å². The summed E-state index contributed by atoms with van der Waals surface area (Å²) in [6.45, 7) is 9.37. The summed E-state index contributed by atoms with van der Waals surface area (Å²) in [6, 6.07) is 0. The number of rotatable bonds is 16. The lowest BCUT2D eigenvalue weighted by Gasteiger charge is -2.26. The molecule has 0 aromatic carbocycles. The quantitative estimate of drug-likeness (QED) is 0.207. The lowest BCUT2D eigenvalue weighted by molar-refractivity contribution is 0.406. The summed E-state index contributed by atoms with van der Waals surface area (Å²) in [5.74, 6) is 0.829. The van der Waals surface area contributed by atoms with Crippen LogP contribution in [0.2, 0.25) is 0 Å². The van der Waals surface area contributed by atoms with E-state index in [0.717, 1.165) is 5.92 Å². The summed E-state index contributed by atoms with van der Waals surface area (Å²) in [6.07, 6.45) is 21.8. The summed E-state index contributed by atoms with van der Waals surface area (Å²) in [7, 11) is 3.00. The largest absolute Gasteiger partial charge is 0.412 e. The van der Waals surface area contributed by atoms with Gasteiger partial charge in [-0.25, -0.2) is 0 Å². The fraction of sp³-hybridized carbons (Fsp3) is 1.00. The second-order valence-electron chi connectivity index (χ2n) is 8.11. The highest BCUT2D eigenvalue weighted by Gasteiger charge is 2.19. The van der Waals surface area contributed by atoms with Gasteiger partial charge in [-0.1, -0.05) is 118 Å². The predicted molar refractivity (Wildman–Crippen MR) is 111 cm³/mol. The van der Waals surface area contributed by atoms with Crippen LogP contribution in [0.5, 0.6) is 0 Å². The van der Waals surface area contributed by atoms with Crippen molar-refractivity contribution in [3.8, 4) is 0 Å². The van der Waals surface area contributed by atoms with E-state index in [1.54, 1.807) is 0 Å². The van der Waals surface area contributed by atoms with Gasteiger partial charge in [0, 0.05) is 0 Å². The molecule has 0 aromatic rings. The van der Waals surface area contributed by atoms with Crippen LogP contribution in [-0.4, -0.2) is 10.6 Å². The minimum absolute atomic E-state index is 0. The Morgan fingerprint density at radius 1 is 0.652 bits per heavy atom. The van der Waals surface area contributed by atoms with Gasteiger partial charge in [-0.15, -0.1) is 9.24 Å². The van der Waals surface area contributed by atoms with Crippen molar-refractivity contribution >= 4 is 9.24 Å². The Labute approximate surface area is 150 Å². The molecule has 2 atom stereocenters. The topological polar surface area (TPSA) is 31.5 Å². The van der Waals surface area contributed by atoms with E-state index >= 15 is 0 Å². The van der Waals surface area contributed by atoms with E-state index in [2.05, 4.69) is 36.9 Å². The van der Waals surface area contributed by atoms with Crippen LogP contribution in [0, 0.1) is 5.92 Å². The maximum Gasteiger partial charge on any atom is -0.0181 e. The zero-order valence-electron chi connectivity index (χ0n) is 16.8. The molecule has 0 spiro atoms. The Bertz CT molecular complexity index is 222. The average molecular weight is 347 g/mol. The molecule has 0 aliphatic rings. The minimum atomic E-state index is 0. The molecular formula is C21H47OP. The van der Waals surface area contributed by atoms with Crippen molar-refractivity contribution in [2.24, 2.45) is 5.92 Å². The van der Waals surface area contributed by atoms with Gasteiger partial charge in [0.1, 0.15) is 0 Å². The molecule has 0 saturated heterocycles. The zero-order valence-corrected chi connectivity index (χ0v) is 17.9. The predicted octanol–water partition coefficient (Wildman–Crippen LogP) is 7.32. The van der Waals surface area contributed by atoms with Crippen molar-refractivity contribution in [1.82, 2.24) is 0 Å². The van der Waals surface area contributed by atoms with Crippen LogP contribution in [0.25, 0.3) is 0 Å². The first kappa shape index (κ1) is 25.6. The molecule has 142 valence electrons. The summed E-state index contributed by atoms with van der Waals surface area (Å²) < 4.78 is 0. The Hall–Kier alpha value is 0.390. The standard InChI is InChI=1S/C21H45P.H2O/c1-5-6-7-8-9-10-11-12-13-14-15-16-17-18-19-20(2)21(3,4)22;/h20H,5-19,22H2,1-4H3;1H2. The van der Waals surface area contributed by atoms with Crippen molar-refractivity contribution < 1.29 is 5.48 Å². The van der Waals surface area contributed by atoms with Crippen molar-refractivity contribution in [1.29, 1.82) is 0 Å². The molecule has 0 saturated carbocycles. The summed E-state index contributed by atoms with van der Waals surface area (Å²) in [5.41, 5.74) is 0. The smallest absolute Gasteiger partial charge is 0.0181 e. The molecule has 0 aromatic heterocycles. The molecule has 0 heterocycles. The van der Waals surface area contributed by atoms with Gasteiger partial charge in [-0.2, -0.15) is 0 Å². The molecule has 0 aliphatic heterocycles. The highest BCUT2D eigenvalue weighted by molar-refractivity contribution is 7.18. The fourth-order valence-electron chi connectivity index (χ4n) is 3.02. The van der Waals surface area contributed by atoms with Crippen LogP contribution in [0.3, 0.4) is 0 Å². The van der Waals surface area contributed by atoms with E-state index in [4.69, 9.17) is 0 Å². The molecule has 2 unspecified atom stereocenters. The monoisotopic (exact) mass is 346 g/mol. The minimum Gasteiger partial charge on any atom is -0.412 e. The second kappa shape index (κ2) is 17.2. The summed E-state index contributed by atoms with van der Waals surface area (Å²) >= 11 is 0. The molecule has 0 rings (SSSR count). The lowest BCUT2D eigenvalue weighted by Crippen LogP contribution is -2.20. The third-order valence-electron chi connectivity index (χ3n) is 5.26. The second-order valence-corrected chi connectivity index (χ2v) is 9.60. The van der Waals surface area contributed by atoms with Crippen LogP contribution >= 0.6 is 9.24 Å². The molecule has 23 heavy (non-hydrogen) atoms. The molecular weight excluding hydrogens is 299 g/mol. The Kier molecular flexibility index (Phi) is 19.2. The Morgan fingerprint density at radius 3 is 1.26 bits per heavy atom. The molecule has 0 radical (unpaired) electrons. The van der Waals surface area contributed by atoms with Gasteiger partial charge in [0.15, 0.2) is 0 Å². The van der Waals surface area contributed by atoms with Gasteiger partial charge in [0.2, 0.25) is 0 Å². The molecule has 0 amide bonds. The third-order valence-corrected chi connectivity index (χ3v) is 5.83. The highest BCUT2D eigenvalue weighted by atomic mass is 31.0. The summed E-state index contributed by atoms with van der Waals surface area (Å²) in [5, 5.41) is 0.413. The van der Waals surface area contributed by atoms with Crippen LogP contribution in [0.4, 0.5) is 0 Å². The Balaban J connectivity index is 0. The molecule has 0 aliphatic carbocycles. The van der Waals surface area contributed by atoms with Gasteiger partial charge in [-0.3, -0.25) is 0 Å². The van der Waals surface area contributed by atoms with Gasteiger partial charge in [0.05, 0.1) is 0 Å². The van der Waals surface area contributed by atoms with Gasteiger partial charge >= 0.3 is 0 Å². The van der Waals surface area contributed by atoms with Gasteiger partial charge in [0.25, 0.3) is 0 Å². The first-order chi connectivity index (χ1) is 10.5. The molecule has 2 N–H and O–H groups in total. The number of unbranched alkanes of at least 4 members (excludes halogenated alkanes) is 13. The molecule has 1 nitrogen and oxygen atoms in total. The van der Waals surface area contributed by atoms with E-state index in [1.165, 1.54) is 96.3 Å². The van der Waals surface area contributed by atoms with Gasteiger partial charge < -0.3 is 5.48 Å². The highest BCUT2D eigenvalue weighted by Crippen LogP contribution is 2.30. The number of hydrogen-bond donors (Lipinski definition) is 0. The van der Waals surface area contributed by atoms with Crippen LogP contribution < -0.4 is 0 Å². The van der Waals surface area contributed by atoms with Crippen molar-refractivity contribution in [2.45, 2.75) is 129 Å². The first-order valence-electron chi connectivity index (χ1n) is 10.3. The van der Waals surface area contributed by atoms with Crippen molar-refractivity contribution in [3.05, 3.63) is 0 Å². The maximum absolute atomic E-state index is 3.00. The molecule has 0 fully saturated rings. The van der Waals surface area contributed by atoms with Crippen molar-refractivity contribution in [3.63, 3.8) is 0 Å². The van der Waals surface area contributed by atoms with E-state index in [0.29, 0.717) is 5.16 Å². The normalized spacial score (nSPS) is 12.9. The maximum atomic E-state index is 3.00. The zero-order chi connectivity index (χ0) is 16.7. The Morgan fingerprint density at radius 2 is 0.957 bits per heavy atom. The number of hydrogen-bond acceptors (Lipinski definition) is 0. The molecule has 2 heteroatoms. The SMILES string of the molecule is CCCCCCCCCCCCCCCCC(C)C(C)(C)P.O. The molecule has 0 bridgehead atoms. The lowest BCUT2D eigenvalue weighted by atomic mass is 9.91. The summed E-state index contributed by atoms with van der Waals surface area (Å²) in [4.78, 5) is 0. The average Bonchev–Trinajstić information content (AvgIpc) is 2.46. The van der Waals surface area contributed by atoms with Gasteiger partial charge in [-0.05, 0) is 17.5 Å². The van der Waals surface area contributed by atoms with Crippen molar-refractivity contribution in [2.75, 3.05) is 0 Å². The third kappa shape index (κ3) is 18.6.